The van der Waals surface area contributed by atoms with Crippen molar-refractivity contribution in [3.63, 3.8) is 0 Å². The third-order valence-electron chi connectivity index (χ3n) is 3.24. The quantitative estimate of drug-likeness (QED) is 0.638. The Morgan fingerprint density at radius 1 is 1.32 bits per heavy atom. The van der Waals surface area contributed by atoms with Gasteiger partial charge in [-0.3, -0.25) is 0 Å². The molecule has 0 saturated heterocycles. The van der Waals surface area contributed by atoms with Crippen molar-refractivity contribution >= 4 is 27.4 Å². The number of hydrogen-bond donors (Lipinski definition) is 3. The number of halogens is 1. The second-order valence-corrected chi connectivity index (χ2v) is 5.32. The Morgan fingerprint density at radius 3 is 2.84 bits per heavy atom. The van der Waals surface area contributed by atoms with Crippen molar-refractivity contribution in [2.45, 2.75) is 13.0 Å². The van der Waals surface area contributed by atoms with Crippen LogP contribution in [0.3, 0.4) is 0 Å². The van der Waals surface area contributed by atoms with Crippen molar-refractivity contribution in [2.24, 2.45) is 5.73 Å². The molecule has 1 aliphatic heterocycles. The second kappa shape index (κ2) is 4.40. The van der Waals surface area contributed by atoms with Crippen LogP contribution in [0, 0.1) is 0 Å². The van der Waals surface area contributed by atoms with E-state index in [2.05, 4.69) is 20.9 Å². The topological polar surface area (TPSA) is 100 Å². The number of hydrogen-bond acceptors (Lipinski definition) is 5. The Bertz CT molecular complexity index is 672. The fourth-order valence-electron chi connectivity index (χ4n) is 2.23. The summed E-state index contributed by atoms with van der Waals surface area (Å²) < 4.78 is 6.76. The van der Waals surface area contributed by atoms with Crippen molar-refractivity contribution in [1.29, 1.82) is 0 Å². The second-order valence-electron chi connectivity index (χ2n) is 4.41. The average molecular weight is 321 g/mol. The van der Waals surface area contributed by atoms with Crippen LogP contribution in [0.15, 0.2) is 22.7 Å². The van der Waals surface area contributed by atoms with Crippen LogP contribution in [0.2, 0.25) is 0 Å². The monoisotopic (exact) mass is 320 g/mol. The molecule has 0 bridgehead atoms. The Kier molecular flexibility index (Phi) is 2.83. The lowest BCUT2D eigenvalue weighted by molar-refractivity contribution is 0.441. The van der Waals surface area contributed by atoms with Gasteiger partial charge in [-0.25, -0.2) is 0 Å². The normalized spacial score (nSPS) is 12.5. The largest absolute Gasteiger partial charge is 0.438 e. The van der Waals surface area contributed by atoms with E-state index in [1.165, 1.54) is 0 Å². The van der Waals surface area contributed by atoms with Crippen molar-refractivity contribution in [3.8, 4) is 11.6 Å². The number of rotatable bonds is 1. The Morgan fingerprint density at radius 2 is 2.11 bits per heavy atom. The van der Waals surface area contributed by atoms with Crippen LogP contribution in [-0.4, -0.2) is 4.98 Å². The lowest BCUT2D eigenvalue weighted by atomic mass is 9.99. The maximum absolute atomic E-state index is 6.12. The summed E-state index contributed by atoms with van der Waals surface area (Å²) in [4.78, 5) is 4.25. The summed E-state index contributed by atoms with van der Waals surface area (Å²) in [7, 11) is 0. The van der Waals surface area contributed by atoms with Gasteiger partial charge in [0.15, 0.2) is 0 Å². The number of aromatic nitrogens is 1. The first-order chi connectivity index (χ1) is 9.10. The zero-order chi connectivity index (χ0) is 13.6. The van der Waals surface area contributed by atoms with E-state index in [0.29, 0.717) is 29.4 Å². The summed E-state index contributed by atoms with van der Waals surface area (Å²) in [6.07, 6.45) is 0.663. The zero-order valence-corrected chi connectivity index (χ0v) is 11.7. The van der Waals surface area contributed by atoms with Crippen LogP contribution >= 0.6 is 15.9 Å². The first-order valence-corrected chi connectivity index (χ1v) is 6.62. The summed E-state index contributed by atoms with van der Waals surface area (Å²) in [6, 6.07) is 5.83. The molecule has 0 spiro atoms. The summed E-state index contributed by atoms with van der Waals surface area (Å²) in [5.74, 6) is 1.59. The molecule has 5 nitrogen and oxygen atoms in total. The van der Waals surface area contributed by atoms with Gasteiger partial charge < -0.3 is 21.9 Å². The van der Waals surface area contributed by atoms with Gasteiger partial charge in [0, 0.05) is 39.8 Å². The van der Waals surface area contributed by atoms with E-state index in [-0.39, 0.29) is 6.54 Å². The van der Waals surface area contributed by atoms with Crippen LogP contribution in [-0.2, 0) is 13.0 Å². The molecule has 3 rings (SSSR count). The number of pyridine rings is 1. The minimum absolute atomic E-state index is 0.267. The summed E-state index contributed by atoms with van der Waals surface area (Å²) >= 11 is 3.45. The van der Waals surface area contributed by atoms with Crippen molar-refractivity contribution in [3.05, 3.63) is 39.4 Å². The number of nitrogen functional groups attached to an aromatic ring is 2. The van der Waals surface area contributed by atoms with E-state index in [1.807, 2.05) is 18.2 Å². The standard InChI is InChI=1S/C13H13BrN4O/c14-7-1-2-10-6(3-7)4-8-11(16)9(5-15)12(17)18-13(8)19-10/h1-3H,4-5,15H2,(H4,16,17,18). The van der Waals surface area contributed by atoms with E-state index in [9.17, 15) is 0 Å². The average Bonchev–Trinajstić information content (AvgIpc) is 2.38. The summed E-state index contributed by atoms with van der Waals surface area (Å²) in [6.45, 7) is 0.267. The third kappa shape index (κ3) is 1.93. The van der Waals surface area contributed by atoms with Crippen molar-refractivity contribution in [2.75, 3.05) is 11.5 Å². The fraction of sp³-hybridized carbons (Fsp3) is 0.154. The zero-order valence-electron chi connectivity index (χ0n) is 10.1. The maximum atomic E-state index is 6.12. The first-order valence-electron chi connectivity index (χ1n) is 5.83. The van der Waals surface area contributed by atoms with Gasteiger partial charge >= 0.3 is 0 Å². The predicted octanol–water partition coefficient (Wildman–Crippen LogP) is 2.16. The molecule has 6 heteroatoms. The summed E-state index contributed by atoms with van der Waals surface area (Å²) in [5, 5.41) is 0. The highest BCUT2D eigenvalue weighted by atomic mass is 79.9. The molecule has 1 aromatic carbocycles. The van der Waals surface area contributed by atoms with Gasteiger partial charge in [0.2, 0.25) is 5.88 Å². The number of nitrogens with two attached hydrogens (primary N) is 3. The molecule has 0 unspecified atom stereocenters. The van der Waals surface area contributed by atoms with Crippen LogP contribution in [0.25, 0.3) is 0 Å². The van der Waals surface area contributed by atoms with Gasteiger partial charge in [-0.2, -0.15) is 4.98 Å². The Balaban J connectivity index is 2.15. The van der Waals surface area contributed by atoms with E-state index < -0.39 is 0 Å². The summed E-state index contributed by atoms with van der Waals surface area (Å²) in [5.41, 5.74) is 20.8. The maximum Gasteiger partial charge on any atom is 0.226 e. The molecule has 0 radical (unpaired) electrons. The molecular weight excluding hydrogens is 308 g/mol. The highest BCUT2D eigenvalue weighted by Crippen LogP contribution is 2.41. The van der Waals surface area contributed by atoms with Crippen molar-refractivity contribution in [1.82, 2.24) is 4.98 Å². The SMILES string of the molecule is NCc1c(N)nc2c(c1N)Cc1cc(Br)ccc1O2. The van der Waals surface area contributed by atoms with E-state index in [4.69, 9.17) is 21.9 Å². The van der Waals surface area contributed by atoms with Crippen molar-refractivity contribution < 1.29 is 4.74 Å². The van der Waals surface area contributed by atoms with Gasteiger partial charge in [-0.05, 0) is 18.2 Å². The molecular formula is C13H13BrN4O. The van der Waals surface area contributed by atoms with Crippen LogP contribution in [0.4, 0.5) is 11.5 Å². The molecule has 0 atom stereocenters. The molecule has 0 aliphatic carbocycles. The number of nitrogens with zero attached hydrogens (tertiary/aromatic N) is 1. The molecule has 2 heterocycles. The fourth-order valence-corrected chi connectivity index (χ4v) is 2.64. The van der Waals surface area contributed by atoms with E-state index >= 15 is 0 Å². The molecule has 19 heavy (non-hydrogen) atoms. The molecule has 2 aromatic rings. The molecule has 98 valence electrons. The molecule has 0 fully saturated rings. The van der Waals surface area contributed by atoms with Gasteiger partial charge in [0.25, 0.3) is 0 Å². The number of benzene rings is 1. The van der Waals surface area contributed by atoms with Crippen LogP contribution in [0.1, 0.15) is 16.7 Å². The van der Waals surface area contributed by atoms with Gasteiger partial charge in [-0.1, -0.05) is 15.9 Å². The molecule has 0 saturated carbocycles. The third-order valence-corrected chi connectivity index (χ3v) is 3.73. The lowest BCUT2D eigenvalue weighted by Gasteiger charge is -2.22. The van der Waals surface area contributed by atoms with Gasteiger partial charge in [0.1, 0.15) is 11.6 Å². The van der Waals surface area contributed by atoms with Crippen LogP contribution in [0.5, 0.6) is 11.6 Å². The minimum Gasteiger partial charge on any atom is -0.438 e. The number of anilines is 2. The van der Waals surface area contributed by atoms with E-state index in [0.717, 1.165) is 21.3 Å². The molecule has 6 N–H and O–H groups in total. The first kappa shape index (κ1) is 12.3. The van der Waals surface area contributed by atoms with E-state index in [1.54, 1.807) is 0 Å². The molecule has 1 aromatic heterocycles. The predicted molar refractivity (Wildman–Crippen MR) is 78.0 cm³/mol. The van der Waals surface area contributed by atoms with Gasteiger partial charge in [0.05, 0.1) is 0 Å². The van der Waals surface area contributed by atoms with Gasteiger partial charge in [-0.15, -0.1) is 0 Å². The lowest BCUT2D eigenvalue weighted by Crippen LogP contribution is -2.14. The minimum atomic E-state index is 0.267. The number of ether oxygens (including phenoxy) is 1. The molecule has 0 amide bonds. The highest BCUT2D eigenvalue weighted by Gasteiger charge is 2.23. The highest BCUT2D eigenvalue weighted by molar-refractivity contribution is 9.10. The molecule has 1 aliphatic rings. The van der Waals surface area contributed by atoms with Crippen LogP contribution < -0.4 is 21.9 Å². The Hall–Kier alpha value is -1.79. The number of fused-ring (bicyclic) bond motifs is 2. The smallest absolute Gasteiger partial charge is 0.226 e. The Labute approximate surface area is 118 Å².